The quantitative estimate of drug-likeness (QED) is 0.341. The minimum absolute atomic E-state index is 0.198. The number of imidazole rings is 1. The van der Waals surface area contributed by atoms with Gasteiger partial charge in [-0.05, 0) is 6.26 Å². The van der Waals surface area contributed by atoms with E-state index in [4.69, 9.17) is 5.73 Å². The first-order chi connectivity index (χ1) is 11.0. The van der Waals surface area contributed by atoms with Crippen molar-refractivity contribution >= 4 is 28.7 Å². The first kappa shape index (κ1) is 17.5. The molecule has 23 heavy (non-hydrogen) atoms. The fourth-order valence-electron chi connectivity index (χ4n) is 2.05. The van der Waals surface area contributed by atoms with Crippen molar-refractivity contribution in [3.05, 3.63) is 6.33 Å². The summed E-state index contributed by atoms with van der Waals surface area (Å²) in [5, 5.41) is 30.5. The number of aliphatic hydroxyl groups is 3. The molecule has 0 spiro atoms. The van der Waals surface area contributed by atoms with E-state index < -0.39 is 18.2 Å². The van der Waals surface area contributed by atoms with Crippen LogP contribution in [0.25, 0.3) is 11.2 Å². The van der Waals surface area contributed by atoms with Crippen molar-refractivity contribution in [3.63, 3.8) is 0 Å². The lowest BCUT2D eigenvalue weighted by Gasteiger charge is -2.23. The molecule has 0 amide bonds. The van der Waals surface area contributed by atoms with Crippen molar-refractivity contribution in [1.82, 2.24) is 19.5 Å². The normalized spacial score (nSPS) is 15.0. The molecule has 5 N–H and O–H groups in total. The van der Waals surface area contributed by atoms with E-state index in [-0.39, 0.29) is 12.4 Å². The van der Waals surface area contributed by atoms with Crippen LogP contribution in [0.3, 0.4) is 0 Å². The van der Waals surface area contributed by atoms with Crippen molar-refractivity contribution in [3.8, 4) is 11.8 Å². The second-order valence-electron chi connectivity index (χ2n) is 4.79. The van der Waals surface area contributed by atoms with Gasteiger partial charge in [0.05, 0.1) is 18.9 Å². The van der Waals surface area contributed by atoms with Crippen molar-refractivity contribution in [1.29, 1.82) is 0 Å². The van der Waals surface area contributed by atoms with Gasteiger partial charge in [-0.25, -0.2) is 15.0 Å². The Morgan fingerprint density at radius 3 is 2.74 bits per heavy atom. The largest absolute Gasteiger partial charge is 0.395 e. The number of nitrogen functional groups attached to an aromatic ring is 1. The van der Waals surface area contributed by atoms with Crippen LogP contribution in [0.1, 0.15) is 19.6 Å². The molecule has 2 rings (SSSR count). The highest BCUT2D eigenvalue weighted by Crippen LogP contribution is 2.24. The Kier molecular flexibility index (Phi) is 5.79. The van der Waals surface area contributed by atoms with Crippen LogP contribution >= 0.6 is 11.8 Å². The van der Waals surface area contributed by atoms with Gasteiger partial charge in [0.25, 0.3) is 0 Å². The zero-order valence-corrected chi connectivity index (χ0v) is 13.7. The minimum atomic E-state index is -1.37. The van der Waals surface area contributed by atoms with E-state index >= 15 is 0 Å². The Labute approximate surface area is 137 Å². The molecule has 0 bridgehead atoms. The third-order valence-electron chi connectivity index (χ3n) is 3.27. The van der Waals surface area contributed by atoms with Gasteiger partial charge >= 0.3 is 0 Å². The molecule has 0 aliphatic carbocycles. The van der Waals surface area contributed by atoms with Crippen molar-refractivity contribution in [2.45, 2.75) is 30.8 Å². The van der Waals surface area contributed by atoms with E-state index in [0.717, 1.165) is 0 Å². The molecule has 124 valence electrons. The van der Waals surface area contributed by atoms with E-state index in [2.05, 4.69) is 26.8 Å². The first-order valence-corrected chi connectivity index (χ1v) is 8.25. The number of nitrogens with two attached hydrogens (primary N) is 1. The van der Waals surface area contributed by atoms with Gasteiger partial charge < -0.3 is 21.1 Å². The monoisotopic (exact) mass is 337 g/mol. The third kappa shape index (κ3) is 3.56. The maximum Gasteiger partial charge on any atom is 0.191 e. The standard InChI is InChI=1S/C14H19N5O3S/c1-3-4-5-8(6-20)10(21)13(22)19-7-16-9-11(15)17-14(23-2)18-12(9)19/h7-8,10,13,20-22H,3,6H2,1-2H3,(H2,15,17,18). The van der Waals surface area contributed by atoms with Gasteiger partial charge in [0, 0.05) is 6.42 Å². The van der Waals surface area contributed by atoms with Gasteiger partial charge in [0.2, 0.25) is 0 Å². The zero-order chi connectivity index (χ0) is 17.0. The van der Waals surface area contributed by atoms with Crippen molar-refractivity contribution in [2.75, 3.05) is 18.6 Å². The van der Waals surface area contributed by atoms with Crippen LogP contribution in [-0.2, 0) is 0 Å². The fourth-order valence-corrected chi connectivity index (χ4v) is 2.41. The van der Waals surface area contributed by atoms with Crippen LogP contribution in [0.5, 0.6) is 0 Å². The molecule has 3 unspecified atom stereocenters. The summed E-state index contributed by atoms with van der Waals surface area (Å²) in [5.41, 5.74) is 6.48. The molecular weight excluding hydrogens is 318 g/mol. The summed E-state index contributed by atoms with van der Waals surface area (Å²) in [6.45, 7) is 1.49. The van der Waals surface area contributed by atoms with Gasteiger partial charge in [-0.15, -0.1) is 5.92 Å². The van der Waals surface area contributed by atoms with Crippen LogP contribution in [0, 0.1) is 17.8 Å². The van der Waals surface area contributed by atoms with E-state index in [9.17, 15) is 15.3 Å². The summed E-state index contributed by atoms with van der Waals surface area (Å²) in [5.74, 6) is 4.95. The predicted molar refractivity (Wildman–Crippen MR) is 87.4 cm³/mol. The Balaban J connectivity index is 2.40. The third-order valence-corrected chi connectivity index (χ3v) is 3.82. The lowest BCUT2D eigenvalue weighted by molar-refractivity contribution is -0.0543. The smallest absolute Gasteiger partial charge is 0.191 e. The molecule has 0 aromatic carbocycles. The molecule has 9 heteroatoms. The molecule has 0 saturated heterocycles. The Bertz CT molecular complexity index is 739. The summed E-state index contributed by atoms with van der Waals surface area (Å²) in [7, 11) is 0. The second kappa shape index (κ2) is 7.61. The summed E-state index contributed by atoms with van der Waals surface area (Å²) < 4.78 is 1.30. The van der Waals surface area contributed by atoms with Gasteiger partial charge in [0.1, 0.15) is 11.6 Å². The average Bonchev–Trinajstić information content (AvgIpc) is 2.98. The number of fused-ring (bicyclic) bond motifs is 1. The SMILES string of the molecule is CCC#CC(CO)C(O)C(O)n1cnc2c(N)nc(SC)nc21. The molecule has 2 heterocycles. The number of hydrogen-bond donors (Lipinski definition) is 4. The number of aliphatic hydroxyl groups excluding tert-OH is 3. The van der Waals surface area contributed by atoms with Gasteiger partial charge in [-0.2, -0.15) is 0 Å². The van der Waals surface area contributed by atoms with Crippen LogP contribution in [0.2, 0.25) is 0 Å². The van der Waals surface area contributed by atoms with Gasteiger partial charge in [-0.3, -0.25) is 4.57 Å². The predicted octanol–water partition coefficient (Wildman–Crippen LogP) is 0.00410. The van der Waals surface area contributed by atoms with E-state index in [1.54, 1.807) is 6.26 Å². The van der Waals surface area contributed by atoms with E-state index in [0.29, 0.717) is 22.7 Å². The topological polar surface area (TPSA) is 130 Å². The lowest BCUT2D eigenvalue weighted by atomic mass is 10.0. The Morgan fingerprint density at radius 2 is 2.13 bits per heavy atom. The molecule has 0 aliphatic heterocycles. The van der Waals surface area contributed by atoms with Gasteiger partial charge in [0.15, 0.2) is 22.8 Å². The highest BCUT2D eigenvalue weighted by Gasteiger charge is 2.28. The number of nitrogens with zero attached hydrogens (tertiary/aromatic N) is 4. The van der Waals surface area contributed by atoms with Gasteiger partial charge in [-0.1, -0.05) is 24.6 Å². The maximum atomic E-state index is 10.4. The summed E-state index contributed by atoms with van der Waals surface area (Å²) in [4.78, 5) is 12.4. The van der Waals surface area contributed by atoms with Crippen molar-refractivity contribution in [2.24, 2.45) is 5.92 Å². The second-order valence-corrected chi connectivity index (χ2v) is 5.56. The van der Waals surface area contributed by atoms with Crippen molar-refractivity contribution < 1.29 is 15.3 Å². The highest BCUT2D eigenvalue weighted by atomic mass is 32.2. The lowest BCUT2D eigenvalue weighted by Crippen LogP contribution is -2.32. The minimum Gasteiger partial charge on any atom is -0.395 e. The molecule has 0 radical (unpaired) electrons. The Hall–Kier alpha value is -1.86. The number of thioether (sulfide) groups is 1. The molecule has 0 fully saturated rings. The molecular formula is C14H19N5O3S. The zero-order valence-electron chi connectivity index (χ0n) is 12.8. The average molecular weight is 337 g/mol. The van der Waals surface area contributed by atoms with Crippen LogP contribution in [-0.4, -0.2) is 53.8 Å². The number of aromatic nitrogens is 4. The highest BCUT2D eigenvalue weighted by molar-refractivity contribution is 7.98. The fraction of sp³-hybridized carbons (Fsp3) is 0.500. The number of hydrogen-bond acceptors (Lipinski definition) is 8. The van der Waals surface area contributed by atoms with Crippen LogP contribution < -0.4 is 5.73 Å². The molecule has 0 aliphatic rings. The maximum absolute atomic E-state index is 10.4. The molecule has 2 aromatic rings. The molecule has 2 aromatic heterocycles. The summed E-state index contributed by atoms with van der Waals surface area (Å²) >= 11 is 1.30. The summed E-state index contributed by atoms with van der Waals surface area (Å²) in [6, 6.07) is 0. The molecule has 8 nitrogen and oxygen atoms in total. The summed E-state index contributed by atoms with van der Waals surface area (Å²) in [6.07, 6.45) is 1.05. The van der Waals surface area contributed by atoms with E-state index in [1.807, 2.05) is 6.92 Å². The Morgan fingerprint density at radius 1 is 1.39 bits per heavy atom. The number of anilines is 1. The number of rotatable bonds is 5. The van der Waals surface area contributed by atoms with E-state index in [1.165, 1.54) is 22.7 Å². The van der Waals surface area contributed by atoms with Crippen LogP contribution in [0.4, 0.5) is 5.82 Å². The van der Waals surface area contributed by atoms with Crippen LogP contribution in [0.15, 0.2) is 11.5 Å². The first-order valence-electron chi connectivity index (χ1n) is 7.02. The molecule has 3 atom stereocenters. The molecule has 0 saturated carbocycles.